The van der Waals surface area contributed by atoms with Crippen LogP contribution in [0.5, 0.6) is 5.75 Å². The van der Waals surface area contributed by atoms with Crippen molar-refractivity contribution in [3.63, 3.8) is 0 Å². The van der Waals surface area contributed by atoms with Gasteiger partial charge >= 0.3 is 0 Å². The quantitative estimate of drug-likeness (QED) is 0.303. The smallest absolute Gasteiger partial charge is 0.292 e. The van der Waals surface area contributed by atoms with Crippen molar-refractivity contribution in [2.24, 2.45) is 0 Å². The molecule has 0 aliphatic heterocycles. The van der Waals surface area contributed by atoms with Crippen LogP contribution in [0.3, 0.4) is 0 Å². The second-order valence-corrected chi connectivity index (χ2v) is 6.67. The van der Waals surface area contributed by atoms with Gasteiger partial charge in [0.15, 0.2) is 5.82 Å². The number of halogens is 1. The van der Waals surface area contributed by atoms with Crippen molar-refractivity contribution in [1.82, 2.24) is 19.7 Å². The van der Waals surface area contributed by atoms with Gasteiger partial charge in [0.25, 0.3) is 5.69 Å². The Bertz CT molecular complexity index is 1230. The van der Waals surface area contributed by atoms with E-state index in [0.717, 1.165) is 5.56 Å². The third-order valence-electron chi connectivity index (χ3n) is 4.55. The normalized spacial score (nSPS) is 11.0. The summed E-state index contributed by atoms with van der Waals surface area (Å²) in [6.45, 7) is 0. The fourth-order valence-electron chi connectivity index (χ4n) is 3.19. The number of hydrogen-bond donors (Lipinski definition) is 1. The number of benzene rings is 2. The van der Waals surface area contributed by atoms with Gasteiger partial charge in [-0.3, -0.25) is 14.7 Å². The minimum atomic E-state index is -0.514. The number of anilines is 1. The first-order valence-corrected chi connectivity index (χ1v) is 8.90. The van der Waals surface area contributed by atoms with Crippen molar-refractivity contribution in [3.8, 4) is 11.6 Å². The fourth-order valence-corrected chi connectivity index (χ4v) is 3.47. The van der Waals surface area contributed by atoms with Crippen LogP contribution in [-0.2, 0) is 6.42 Å². The first kappa shape index (κ1) is 18.6. The molecule has 0 amide bonds. The van der Waals surface area contributed by atoms with E-state index in [1.807, 2.05) is 6.07 Å². The van der Waals surface area contributed by atoms with E-state index in [1.165, 1.54) is 13.2 Å². The van der Waals surface area contributed by atoms with Crippen molar-refractivity contribution in [2.75, 3.05) is 12.8 Å². The van der Waals surface area contributed by atoms with E-state index in [0.29, 0.717) is 39.5 Å². The molecule has 146 valence electrons. The van der Waals surface area contributed by atoms with Crippen molar-refractivity contribution < 1.29 is 9.66 Å². The van der Waals surface area contributed by atoms with Crippen LogP contribution in [0.15, 0.2) is 49.1 Å². The molecule has 2 aromatic carbocycles. The molecule has 2 heterocycles. The molecule has 4 aromatic rings. The lowest BCUT2D eigenvalue weighted by molar-refractivity contribution is -0.383. The van der Waals surface area contributed by atoms with Gasteiger partial charge in [-0.2, -0.15) is 5.10 Å². The van der Waals surface area contributed by atoms with Crippen LogP contribution in [-0.4, -0.2) is 31.8 Å². The van der Waals surface area contributed by atoms with Crippen molar-refractivity contribution in [2.45, 2.75) is 6.42 Å². The molecule has 29 heavy (non-hydrogen) atoms. The van der Waals surface area contributed by atoms with Crippen LogP contribution in [0.25, 0.3) is 16.6 Å². The van der Waals surface area contributed by atoms with E-state index in [-0.39, 0.29) is 11.4 Å². The van der Waals surface area contributed by atoms with Crippen LogP contribution in [0.4, 0.5) is 11.4 Å². The van der Waals surface area contributed by atoms with Gasteiger partial charge in [-0.05, 0) is 23.8 Å². The molecule has 0 saturated heterocycles. The molecule has 2 N–H and O–H groups in total. The molecule has 10 heteroatoms. The Hall–Kier alpha value is -3.72. The molecule has 0 radical (unpaired) electrons. The summed E-state index contributed by atoms with van der Waals surface area (Å²) in [5.74, 6) is 1.03. The van der Waals surface area contributed by atoms with E-state index >= 15 is 0 Å². The second-order valence-electron chi connectivity index (χ2n) is 6.26. The van der Waals surface area contributed by atoms with E-state index in [9.17, 15) is 10.1 Å². The lowest BCUT2D eigenvalue weighted by atomic mass is 10.0. The van der Waals surface area contributed by atoms with Gasteiger partial charge in [0, 0.05) is 35.7 Å². The number of nitro groups is 1. The number of nitro benzene ring substituents is 1. The Morgan fingerprint density at radius 1 is 1.28 bits per heavy atom. The highest BCUT2D eigenvalue weighted by Gasteiger charge is 2.21. The molecule has 4 rings (SSSR count). The lowest BCUT2D eigenvalue weighted by Gasteiger charge is -2.12. The van der Waals surface area contributed by atoms with E-state index in [4.69, 9.17) is 22.1 Å². The number of imidazole rings is 1. The summed E-state index contributed by atoms with van der Waals surface area (Å²) in [5.41, 5.74) is 7.39. The third-order valence-corrected chi connectivity index (χ3v) is 4.85. The summed E-state index contributed by atoms with van der Waals surface area (Å²) in [4.78, 5) is 14.9. The molecule has 0 fully saturated rings. The Balaban J connectivity index is 1.92. The average molecular weight is 411 g/mol. The van der Waals surface area contributed by atoms with Crippen LogP contribution in [0.2, 0.25) is 5.02 Å². The molecular formula is C19H15ClN6O3. The highest BCUT2D eigenvalue weighted by molar-refractivity contribution is 6.32. The number of nitrogens with zero attached hydrogens (tertiary/aromatic N) is 5. The number of ether oxygens (including phenoxy) is 1. The largest absolute Gasteiger partial charge is 0.495 e. The number of methoxy groups -OCH3 is 1. The van der Waals surface area contributed by atoms with Crippen molar-refractivity contribution in [1.29, 1.82) is 0 Å². The summed E-state index contributed by atoms with van der Waals surface area (Å²) >= 11 is 6.22. The Morgan fingerprint density at radius 3 is 2.76 bits per heavy atom. The number of aromatic nitrogens is 4. The summed E-state index contributed by atoms with van der Waals surface area (Å²) in [6, 6.07) is 8.34. The van der Waals surface area contributed by atoms with E-state index in [2.05, 4.69) is 15.2 Å². The Kier molecular flexibility index (Phi) is 4.73. The number of fused-ring (bicyclic) bond motifs is 1. The van der Waals surface area contributed by atoms with Gasteiger partial charge in [-0.15, -0.1) is 5.10 Å². The van der Waals surface area contributed by atoms with Crippen LogP contribution in [0.1, 0.15) is 11.3 Å². The SMILES string of the molecule is COc1ccc(Cc2nnc(-n3ccnc3)c3ccc([N+](=O)[O-])c(N)c23)cc1Cl. The summed E-state index contributed by atoms with van der Waals surface area (Å²) < 4.78 is 6.85. The molecule has 9 nitrogen and oxygen atoms in total. The van der Waals surface area contributed by atoms with Crippen LogP contribution >= 0.6 is 11.6 Å². The fraction of sp³-hybridized carbons (Fsp3) is 0.105. The maximum atomic E-state index is 11.4. The first-order chi connectivity index (χ1) is 14.0. The summed E-state index contributed by atoms with van der Waals surface area (Å²) in [7, 11) is 1.54. The van der Waals surface area contributed by atoms with Gasteiger partial charge in [-0.25, -0.2) is 4.98 Å². The Labute approximate surface area is 169 Å². The van der Waals surface area contributed by atoms with E-state index in [1.54, 1.807) is 41.5 Å². The van der Waals surface area contributed by atoms with Crippen LogP contribution in [0, 0.1) is 10.1 Å². The predicted octanol–water partition coefficient (Wildman–Crippen LogP) is 3.56. The van der Waals surface area contributed by atoms with Crippen molar-refractivity contribution >= 4 is 33.7 Å². The highest BCUT2D eigenvalue weighted by Crippen LogP contribution is 2.35. The van der Waals surface area contributed by atoms with Gasteiger partial charge in [0.1, 0.15) is 17.8 Å². The summed E-state index contributed by atoms with van der Waals surface area (Å²) in [5, 5.41) is 21.6. The average Bonchev–Trinajstić information content (AvgIpc) is 3.22. The second kappa shape index (κ2) is 7.36. The third kappa shape index (κ3) is 3.32. The minimum absolute atomic E-state index is 0.0402. The molecule has 0 spiro atoms. The maximum absolute atomic E-state index is 11.4. The van der Waals surface area contributed by atoms with Gasteiger partial charge in [0.2, 0.25) is 0 Å². The minimum Gasteiger partial charge on any atom is -0.495 e. The molecule has 0 bridgehead atoms. The van der Waals surface area contributed by atoms with Gasteiger partial charge in [-0.1, -0.05) is 17.7 Å². The zero-order chi connectivity index (χ0) is 20.5. The standard InChI is InChI=1S/C19H15ClN6O3/c1-29-16-5-2-11(8-13(16)20)9-14-17-12(3-4-15(18(17)21)26(27)28)19(24-23-14)25-7-6-22-10-25/h2-8,10H,9,21H2,1H3. The number of hydrogen-bond acceptors (Lipinski definition) is 7. The molecule has 0 atom stereocenters. The first-order valence-electron chi connectivity index (χ1n) is 8.52. The predicted molar refractivity (Wildman–Crippen MR) is 109 cm³/mol. The van der Waals surface area contributed by atoms with E-state index < -0.39 is 4.92 Å². The molecule has 0 aliphatic rings. The lowest BCUT2D eigenvalue weighted by Crippen LogP contribution is -2.06. The molecule has 0 saturated carbocycles. The van der Waals surface area contributed by atoms with Crippen LogP contribution < -0.4 is 10.5 Å². The molecular weight excluding hydrogens is 396 g/mol. The van der Waals surface area contributed by atoms with Gasteiger partial charge in [0.05, 0.1) is 22.7 Å². The zero-order valence-corrected chi connectivity index (χ0v) is 16.0. The Morgan fingerprint density at radius 2 is 2.10 bits per heavy atom. The van der Waals surface area contributed by atoms with Gasteiger partial charge < -0.3 is 10.5 Å². The zero-order valence-electron chi connectivity index (χ0n) is 15.2. The maximum Gasteiger partial charge on any atom is 0.292 e. The highest BCUT2D eigenvalue weighted by atomic mass is 35.5. The number of nitrogen functional groups attached to an aromatic ring is 1. The molecule has 2 aromatic heterocycles. The topological polar surface area (TPSA) is 122 Å². The monoisotopic (exact) mass is 410 g/mol. The molecule has 0 aliphatic carbocycles. The number of nitrogens with two attached hydrogens (primary N) is 1. The number of rotatable bonds is 5. The molecule has 0 unspecified atom stereocenters. The van der Waals surface area contributed by atoms with Crippen molar-refractivity contribution in [3.05, 3.63) is 75.4 Å². The summed E-state index contributed by atoms with van der Waals surface area (Å²) in [6.07, 6.45) is 5.23.